The van der Waals surface area contributed by atoms with Crippen molar-refractivity contribution in [3.05, 3.63) is 64.5 Å². The van der Waals surface area contributed by atoms with Crippen molar-refractivity contribution in [2.24, 2.45) is 0 Å². The van der Waals surface area contributed by atoms with Gasteiger partial charge in [0.05, 0.1) is 5.69 Å². The molecule has 0 saturated heterocycles. The van der Waals surface area contributed by atoms with Crippen LogP contribution in [-0.4, -0.2) is 15.8 Å². The highest BCUT2D eigenvalue weighted by atomic mass is 79.9. The number of halogens is 1. The van der Waals surface area contributed by atoms with Crippen molar-refractivity contribution in [2.75, 3.05) is 0 Å². The van der Waals surface area contributed by atoms with Crippen LogP contribution in [0, 0.1) is 0 Å². The summed E-state index contributed by atoms with van der Waals surface area (Å²) in [4.78, 5) is 19.4. The Hall–Kier alpha value is -1.94. The number of hydrogen-bond acceptors (Lipinski definition) is 2. The number of hydrogen-bond donors (Lipinski definition) is 1. The summed E-state index contributed by atoms with van der Waals surface area (Å²) in [5.74, 6) is -0.0412. The Morgan fingerprint density at radius 1 is 1.22 bits per heavy atom. The van der Waals surface area contributed by atoms with Crippen molar-refractivity contribution in [1.82, 2.24) is 9.97 Å². The Labute approximate surface area is 112 Å². The summed E-state index contributed by atoms with van der Waals surface area (Å²) in [6, 6.07) is 11.4. The Bertz CT molecular complexity index is 700. The second-order valence-electron chi connectivity index (χ2n) is 3.95. The summed E-state index contributed by atoms with van der Waals surface area (Å²) in [6.45, 7) is 0. The first-order valence-corrected chi connectivity index (χ1v) is 6.27. The maximum atomic E-state index is 12.3. The van der Waals surface area contributed by atoms with Crippen molar-refractivity contribution in [2.45, 2.75) is 0 Å². The first-order chi connectivity index (χ1) is 8.75. The molecule has 3 rings (SSSR count). The molecule has 3 nitrogen and oxygen atoms in total. The predicted molar refractivity (Wildman–Crippen MR) is 73.7 cm³/mol. The minimum atomic E-state index is -0.0412. The lowest BCUT2D eigenvalue weighted by atomic mass is 10.1. The number of fused-ring (bicyclic) bond motifs is 1. The fourth-order valence-electron chi connectivity index (χ4n) is 1.90. The van der Waals surface area contributed by atoms with Gasteiger partial charge in [-0.05, 0) is 34.1 Å². The summed E-state index contributed by atoms with van der Waals surface area (Å²) in [7, 11) is 0. The molecule has 18 heavy (non-hydrogen) atoms. The van der Waals surface area contributed by atoms with Crippen LogP contribution in [0.3, 0.4) is 0 Å². The molecule has 0 saturated carbocycles. The van der Waals surface area contributed by atoms with Crippen LogP contribution in [-0.2, 0) is 0 Å². The first-order valence-electron chi connectivity index (χ1n) is 5.47. The number of nitrogens with one attached hydrogen (secondary N) is 1. The van der Waals surface area contributed by atoms with Crippen LogP contribution < -0.4 is 0 Å². The number of aromatic amines is 1. The molecular weight excluding hydrogens is 292 g/mol. The number of benzene rings is 1. The highest BCUT2D eigenvalue weighted by molar-refractivity contribution is 9.10. The maximum absolute atomic E-state index is 12.3. The number of ketones is 1. The second kappa shape index (κ2) is 4.38. The molecule has 1 aromatic carbocycles. The van der Waals surface area contributed by atoms with Crippen molar-refractivity contribution < 1.29 is 4.79 Å². The van der Waals surface area contributed by atoms with Crippen LogP contribution in [0.5, 0.6) is 0 Å². The van der Waals surface area contributed by atoms with Gasteiger partial charge in [0.2, 0.25) is 5.78 Å². The monoisotopic (exact) mass is 300 g/mol. The molecule has 0 spiro atoms. The molecule has 0 aliphatic rings. The molecule has 3 aromatic rings. The Morgan fingerprint density at radius 3 is 2.83 bits per heavy atom. The van der Waals surface area contributed by atoms with Gasteiger partial charge in [0.1, 0.15) is 0 Å². The lowest BCUT2D eigenvalue weighted by Gasteiger charge is -2.00. The molecule has 2 heterocycles. The summed E-state index contributed by atoms with van der Waals surface area (Å²) in [6.07, 6.45) is 3.23. The largest absolute Gasteiger partial charge is 0.352 e. The molecule has 0 atom stereocenters. The quantitative estimate of drug-likeness (QED) is 0.736. The molecule has 88 valence electrons. The lowest BCUT2D eigenvalue weighted by Crippen LogP contribution is -2.02. The number of nitrogens with zero attached hydrogens (tertiary/aromatic N) is 1. The molecular formula is C14H9BrN2O. The molecule has 0 bridgehead atoms. The van der Waals surface area contributed by atoms with E-state index in [-0.39, 0.29) is 5.78 Å². The first kappa shape index (κ1) is 11.2. The number of carbonyl (C=O) groups excluding carboxylic acids is 1. The van der Waals surface area contributed by atoms with Crippen molar-refractivity contribution in [1.29, 1.82) is 0 Å². The smallest absolute Gasteiger partial charge is 0.210 e. The van der Waals surface area contributed by atoms with E-state index in [1.54, 1.807) is 18.5 Å². The number of H-pyrrole nitrogens is 1. The molecule has 0 unspecified atom stereocenters. The summed E-state index contributed by atoms with van der Waals surface area (Å²) < 4.78 is 0.702. The molecule has 0 aliphatic heterocycles. The summed E-state index contributed by atoms with van der Waals surface area (Å²) in [5.41, 5.74) is 2.16. The average Bonchev–Trinajstić information content (AvgIpc) is 2.82. The minimum absolute atomic E-state index is 0.0412. The average molecular weight is 301 g/mol. The Kier molecular flexibility index (Phi) is 2.72. The van der Waals surface area contributed by atoms with Crippen LogP contribution in [0.15, 0.2) is 53.3 Å². The maximum Gasteiger partial charge on any atom is 0.210 e. The Balaban J connectivity index is 2.10. The molecule has 0 amide bonds. The molecule has 4 heteroatoms. The van der Waals surface area contributed by atoms with E-state index >= 15 is 0 Å². The minimum Gasteiger partial charge on any atom is -0.352 e. The van der Waals surface area contributed by atoms with Crippen LogP contribution in [0.1, 0.15) is 16.1 Å². The van der Waals surface area contributed by atoms with Gasteiger partial charge < -0.3 is 4.98 Å². The molecule has 1 N–H and O–H groups in total. The van der Waals surface area contributed by atoms with E-state index in [0.717, 1.165) is 10.9 Å². The standard InChI is InChI=1S/C14H9BrN2O/c15-11-8-16-6-5-10(11)14(18)13-7-9-3-1-2-4-12(9)17-13/h1-8,17H. The Morgan fingerprint density at radius 2 is 2.06 bits per heavy atom. The van der Waals surface area contributed by atoms with Crippen LogP contribution >= 0.6 is 15.9 Å². The van der Waals surface area contributed by atoms with E-state index in [0.29, 0.717) is 15.7 Å². The van der Waals surface area contributed by atoms with Crippen LogP contribution in [0.2, 0.25) is 0 Å². The van der Waals surface area contributed by atoms with Gasteiger partial charge in [-0.2, -0.15) is 0 Å². The second-order valence-corrected chi connectivity index (χ2v) is 4.81. The number of aromatic nitrogens is 2. The topological polar surface area (TPSA) is 45.8 Å². The zero-order valence-electron chi connectivity index (χ0n) is 9.35. The zero-order chi connectivity index (χ0) is 12.5. The van der Waals surface area contributed by atoms with Crippen molar-refractivity contribution >= 4 is 32.6 Å². The fourth-order valence-corrected chi connectivity index (χ4v) is 2.33. The number of para-hydroxylation sites is 1. The van der Waals surface area contributed by atoms with Gasteiger partial charge in [-0.3, -0.25) is 9.78 Å². The lowest BCUT2D eigenvalue weighted by molar-refractivity contribution is 0.103. The van der Waals surface area contributed by atoms with Gasteiger partial charge in [-0.25, -0.2) is 0 Å². The zero-order valence-corrected chi connectivity index (χ0v) is 10.9. The van der Waals surface area contributed by atoms with E-state index in [9.17, 15) is 4.79 Å². The van der Waals surface area contributed by atoms with Crippen molar-refractivity contribution in [3.63, 3.8) is 0 Å². The molecule has 0 fully saturated rings. The van der Waals surface area contributed by atoms with E-state index in [2.05, 4.69) is 25.9 Å². The third-order valence-corrected chi connectivity index (χ3v) is 3.42. The highest BCUT2D eigenvalue weighted by Gasteiger charge is 2.14. The molecule has 0 aliphatic carbocycles. The summed E-state index contributed by atoms with van der Waals surface area (Å²) >= 11 is 3.34. The van der Waals surface area contributed by atoms with Crippen LogP contribution in [0.4, 0.5) is 0 Å². The van der Waals surface area contributed by atoms with Gasteiger partial charge in [0.25, 0.3) is 0 Å². The number of carbonyl (C=O) groups is 1. The van der Waals surface area contributed by atoms with Gasteiger partial charge >= 0.3 is 0 Å². The van der Waals surface area contributed by atoms with Gasteiger partial charge in [0.15, 0.2) is 0 Å². The fraction of sp³-hybridized carbons (Fsp3) is 0. The summed E-state index contributed by atoms with van der Waals surface area (Å²) in [5, 5.41) is 1.03. The SMILES string of the molecule is O=C(c1cc2ccccc2[nH]1)c1ccncc1Br. The van der Waals surface area contributed by atoms with Gasteiger partial charge in [-0.1, -0.05) is 18.2 Å². The molecule has 2 aromatic heterocycles. The highest BCUT2D eigenvalue weighted by Crippen LogP contribution is 2.21. The van der Waals surface area contributed by atoms with Crippen LogP contribution in [0.25, 0.3) is 10.9 Å². The van der Waals surface area contributed by atoms with E-state index in [1.165, 1.54) is 0 Å². The third kappa shape index (κ3) is 1.84. The van der Waals surface area contributed by atoms with E-state index in [1.807, 2.05) is 30.3 Å². The molecule has 0 radical (unpaired) electrons. The number of pyridine rings is 1. The van der Waals surface area contributed by atoms with Crippen molar-refractivity contribution in [3.8, 4) is 0 Å². The van der Waals surface area contributed by atoms with E-state index < -0.39 is 0 Å². The normalized spacial score (nSPS) is 10.7. The number of rotatable bonds is 2. The van der Waals surface area contributed by atoms with Gasteiger partial charge in [0, 0.05) is 33.3 Å². The van der Waals surface area contributed by atoms with Gasteiger partial charge in [-0.15, -0.1) is 0 Å². The van der Waals surface area contributed by atoms with E-state index in [4.69, 9.17) is 0 Å². The predicted octanol–water partition coefficient (Wildman–Crippen LogP) is 3.56. The third-order valence-electron chi connectivity index (χ3n) is 2.79.